The van der Waals surface area contributed by atoms with Gasteiger partial charge in [-0.05, 0) is 68.0 Å². The highest BCUT2D eigenvalue weighted by Gasteiger charge is 2.38. The van der Waals surface area contributed by atoms with E-state index in [1.54, 1.807) is 17.0 Å². The van der Waals surface area contributed by atoms with Crippen LogP contribution in [-0.4, -0.2) is 53.6 Å². The number of tetrazole rings is 1. The van der Waals surface area contributed by atoms with Crippen LogP contribution in [0.5, 0.6) is 5.75 Å². The van der Waals surface area contributed by atoms with E-state index in [2.05, 4.69) is 20.7 Å². The lowest BCUT2D eigenvalue weighted by Crippen LogP contribution is -2.52. The van der Waals surface area contributed by atoms with Crippen molar-refractivity contribution in [2.24, 2.45) is 0 Å². The molecule has 0 radical (unpaired) electrons. The van der Waals surface area contributed by atoms with Crippen molar-refractivity contribution in [2.75, 3.05) is 0 Å². The number of thiophene rings is 1. The normalized spacial score (nSPS) is 15.3. The van der Waals surface area contributed by atoms with E-state index in [1.807, 2.05) is 38.3 Å². The molecule has 4 rings (SSSR count). The Bertz CT molecular complexity index is 1110. The lowest BCUT2D eigenvalue weighted by molar-refractivity contribution is -0.145. The zero-order valence-electron chi connectivity index (χ0n) is 19.6. The number of nitrogens with one attached hydrogen (secondary N) is 1. The number of aromatic nitrogens is 4. The Hall–Kier alpha value is -3.27. The maximum Gasteiger partial charge on any atom is 0.247 e. The number of benzene rings is 1. The molecule has 34 heavy (non-hydrogen) atoms. The number of hydrogen-bond donors (Lipinski definition) is 2. The molecule has 2 N–H and O–H groups in total. The maximum absolute atomic E-state index is 13.7. The minimum atomic E-state index is -0.837. The van der Waals surface area contributed by atoms with E-state index in [4.69, 9.17) is 0 Å². The Kier molecular flexibility index (Phi) is 6.97. The Morgan fingerprint density at radius 3 is 2.53 bits per heavy atom. The first kappa shape index (κ1) is 23.9. The van der Waals surface area contributed by atoms with E-state index in [9.17, 15) is 14.7 Å². The summed E-state index contributed by atoms with van der Waals surface area (Å²) in [4.78, 5) is 31.1. The quantitative estimate of drug-likeness (QED) is 0.533. The van der Waals surface area contributed by atoms with E-state index in [1.165, 1.54) is 28.3 Å². The summed E-state index contributed by atoms with van der Waals surface area (Å²) in [6, 6.07) is 9.36. The van der Waals surface area contributed by atoms with E-state index in [0.717, 1.165) is 30.6 Å². The number of aromatic hydroxyl groups is 1. The molecule has 2 amide bonds. The van der Waals surface area contributed by atoms with Crippen LogP contribution in [0.4, 0.5) is 0 Å². The third-order valence-corrected chi connectivity index (χ3v) is 6.58. The molecule has 9 nitrogen and oxygen atoms in total. The molecule has 1 aliphatic rings. The molecule has 0 bridgehead atoms. The minimum Gasteiger partial charge on any atom is -0.508 e. The van der Waals surface area contributed by atoms with Gasteiger partial charge in [0.25, 0.3) is 0 Å². The average Bonchev–Trinajstić information content (AvgIpc) is 3.53. The predicted octanol–water partition coefficient (Wildman–Crippen LogP) is 3.53. The van der Waals surface area contributed by atoms with E-state index >= 15 is 0 Å². The number of nitrogens with zero attached hydrogens (tertiary/aromatic N) is 5. The van der Waals surface area contributed by atoms with Gasteiger partial charge in [0, 0.05) is 11.6 Å². The molecule has 180 valence electrons. The van der Waals surface area contributed by atoms with Crippen LogP contribution in [-0.2, 0) is 16.1 Å². The van der Waals surface area contributed by atoms with Crippen LogP contribution >= 0.6 is 11.3 Å². The Morgan fingerprint density at radius 1 is 1.21 bits per heavy atom. The molecule has 1 fully saturated rings. The molecule has 2 aromatic heterocycles. The smallest absolute Gasteiger partial charge is 0.247 e. The molecule has 1 unspecified atom stereocenters. The van der Waals surface area contributed by atoms with Crippen molar-refractivity contribution < 1.29 is 14.7 Å². The Balaban J connectivity index is 1.66. The fourth-order valence-electron chi connectivity index (χ4n) is 4.29. The van der Waals surface area contributed by atoms with Crippen molar-refractivity contribution in [3.63, 3.8) is 0 Å². The van der Waals surface area contributed by atoms with Crippen molar-refractivity contribution in [2.45, 2.75) is 70.6 Å². The second kappa shape index (κ2) is 9.92. The Labute approximate surface area is 202 Å². The van der Waals surface area contributed by atoms with Crippen LogP contribution in [0.3, 0.4) is 0 Å². The highest BCUT2D eigenvalue weighted by Crippen LogP contribution is 2.33. The fourth-order valence-corrected chi connectivity index (χ4v) is 4.94. The van der Waals surface area contributed by atoms with E-state index < -0.39 is 11.6 Å². The molecule has 0 aliphatic heterocycles. The zero-order valence-corrected chi connectivity index (χ0v) is 20.5. The van der Waals surface area contributed by atoms with Crippen LogP contribution in [0.25, 0.3) is 10.7 Å². The standard InChI is InChI=1S/C24H30N6O3S/c1-24(2,3)25-23(33)21(16-10-12-18(31)13-11-16)30(17-7-4-5-8-17)20(32)15-29-27-22(26-28-29)19-9-6-14-34-19/h6,9-14,17,21,31H,4-5,7-8,15H2,1-3H3,(H,25,33). The molecule has 0 spiro atoms. The van der Waals surface area contributed by atoms with Gasteiger partial charge in [0.15, 0.2) is 0 Å². The fraction of sp³-hybridized carbons (Fsp3) is 0.458. The number of carbonyl (C=O) groups is 2. The zero-order chi connectivity index (χ0) is 24.3. The van der Waals surface area contributed by atoms with Crippen LogP contribution in [0.15, 0.2) is 41.8 Å². The van der Waals surface area contributed by atoms with Gasteiger partial charge in [-0.25, -0.2) is 0 Å². The molecule has 3 aromatic rings. The second-order valence-electron chi connectivity index (χ2n) is 9.59. The van der Waals surface area contributed by atoms with Crippen LogP contribution in [0.1, 0.15) is 58.1 Å². The molecular formula is C24H30N6O3S. The summed E-state index contributed by atoms with van der Waals surface area (Å²) in [7, 11) is 0. The summed E-state index contributed by atoms with van der Waals surface area (Å²) in [5, 5.41) is 27.3. The van der Waals surface area contributed by atoms with E-state index in [0.29, 0.717) is 11.4 Å². The SMILES string of the molecule is CC(C)(C)NC(=O)C(c1ccc(O)cc1)N(C(=O)Cn1nnc(-c2cccs2)n1)C1CCCC1. The van der Waals surface area contributed by atoms with Crippen molar-refractivity contribution in [3.05, 3.63) is 47.3 Å². The van der Waals surface area contributed by atoms with Crippen molar-refractivity contribution in [3.8, 4) is 16.5 Å². The highest BCUT2D eigenvalue weighted by atomic mass is 32.1. The van der Waals surface area contributed by atoms with Gasteiger partial charge in [0.05, 0.1) is 4.88 Å². The summed E-state index contributed by atoms with van der Waals surface area (Å²) in [5.74, 6) is 0.0644. The van der Waals surface area contributed by atoms with Crippen LogP contribution < -0.4 is 5.32 Å². The number of rotatable bonds is 7. The van der Waals surface area contributed by atoms with Crippen LogP contribution in [0.2, 0.25) is 0 Å². The van der Waals surface area contributed by atoms with Gasteiger partial charge < -0.3 is 15.3 Å². The summed E-state index contributed by atoms with van der Waals surface area (Å²) >= 11 is 1.50. The van der Waals surface area contributed by atoms with Gasteiger partial charge in [-0.3, -0.25) is 9.59 Å². The van der Waals surface area contributed by atoms with Crippen LogP contribution in [0, 0.1) is 0 Å². The highest BCUT2D eigenvalue weighted by molar-refractivity contribution is 7.13. The topological polar surface area (TPSA) is 113 Å². The molecule has 1 aromatic carbocycles. The lowest BCUT2D eigenvalue weighted by Gasteiger charge is -2.37. The van der Waals surface area contributed by atoms with Gasteiger partial charge in [0.2, 0.25) is 17.6 Å². The minimum absolute atomic E-state index is 0.0719. The number of amides is 2. The molecule has 0 saturated heterocycles. The van der Waals surface area contributed by atoms with Gasteiger partial charge in [-0.15, -0.1) is 21.5 Å². The van der Waals surface area contributed by atoms with Gasteiger partial charge in [-0.2, -0.15) is 4.80 Å². The summed E-state index contributed by atoms with van der Waals surface area (Å²) in [6.07, 6.45) is 3.66. The van der Waals surface area contributed by atoms with Gasteiger partial charge >= 0.3 is 0 Å². The summed E-state index contributed by atoms with van der Waals surface area (Å²) in [6.45, 7) is 5.61. The predicted molar refractivity (Wildman–Crippen MR) is 129 cm³/mol. The van der Waals surface area contributed by atoms with Crippen molar-refractivity contribution >= 4 is 23.2 Å². The summed E-state index contributed by atoms with van der Waals surface area (Å²) < 4.78 is 0. The second-order valence-corrected chi connectivity index (χ2v) is 10.5. The Morgan fingerprint density at radius 2 is 1.91 bits per heavy atom. The molecule has 1 saturated carbocycles. The van der Waals surface area contributed by atoms with Crippen molar-refractivity contribution in [1.29, 1.82) is 0 Å². The number of phenolic OH excluding ortho intramolecular Hbond substituents is 1. The molecule has 10 heteroatoms. The summed E-state index contributed by atoms with van der Waals surface area (Å²) in [5.41, 5.74) is 0.172. The third kappa shape index (κ3) is 5.61. The first-order chi connectivity index (χ1) is 16.2. The van der Waals surface area contributed by atoms with Gasteiger partial charge in [-0.1, -0.05) is 31.0 Å². The third-order valence-electron chi connectivity index (χ3n) is 5.71. The first-order valence-corrected chi connectivity index (χ1v) is 12.3. The van der Waals surface area contributed by atoms with Crippen molar-refractivity contribution in [1.82, 2.24) is 30.4 Å². The largest absolute Gasteiger partial charge is 0.508 e. The number of phenols is 1. The molecule has 1 aliphatic carbocycles. The van der Waals surface area contributed by atoms with E-state index in [-0.39, 0.29) is 30.2 Å². The molecule has 2 heterocycles. The van der Waals surface area contributed by atoms with Gasteiger partial charge in [0.1, 0.15) is 18.3 Å². The number of hydrogen-bond acceptors (Lipinski definition) is 7. The molecule has 1 atom stereocenters. The number of carbonyl (C=O) groups excluding carboxylic acids is 2. The maximum atomic E-state index is 13.7. The molecular weight excluding hydrogens is 452 g/mol. The average molecular weight is 483 g/mol. The monoisotopic (exact) mass is 482 g/mol. The lowest BCUT2D eigenvalue weighted by atomic mass is 9.99. The first-order valence-electron chi connectivity index (χ1n) is 11.4.